The SMILES string of the molecule is CC(C)(C)OC(=O)N[C@@H]1[C@H]2CC[C@H]1[C@H](CO)C2. The molecular weight excluding hydrogens is 218 g/mol. The number of alkyl carbamates (subject to hydrolysis) is 1. The molecule has 1 amide bonds. The maximum Gasteiger partial charge on any atom is 0.407 e. The molecule has 2 aliphatic rings. The molecule has 98 valence electrons. The largest absolute Gasteiger partial charge is 0.444 e. The number of ether oxygens (including phenoxy) is 1. The number of rotatable bonds is 2. The number of amides is 1. The van der Waals surface area contributed by atoms with Gasteiger partial charge in [0.25, 0.3) is 0 Å². The number of carbonyl (C=O) groups excluding carboxylic acids is 1. The molecule has 2 N–H and O–H groups in total. The molecule has 0 aromatic rings. The number of hydrogen-bond donors (Lipinski definition) is 2. The standard InChI is InChI=1S/C13H23NO3/c1-13(2,3)17-12(16)14-11-8-4-5-10(11)9(6-8)7-15/h8-11,15H,4-7H2,1-3H3,(H,14,16)/t8-,9-,10-,11+/m0/s1. The summed E-state index contributed by atoms with van der Waals surface area (Å²) >= 11 is 0. The van der Waals surface area contributed by atoms with Crippen molar-refractivity contribution in [2.24, 2.45) is 17.8 Å². The van der Waals surface area contributed by atoms with Crippen LogP contribution in [0.4, 0.5) is 4.79 Å². The van der Waals surface area contributed by atoms with Crippen LogP contribution in [0.5, 0.6) is 0 Å². The molecule has 0 heterocycles. The zero-order chi connectivity index (χ0) is 12.6. The Balaban J connectivity index is 1.90. The third-order valence-corrected chi connectivity index (χ3v) is 3.97. The van der Waals surface area contributed by atoms with E-state index in [1.54, 1.807) is 0 Å². The van der Waals surface area contributed by atoms with Gasteiger partial charge in [-0.3, -0.25) is 0 Å². The molecule has 4 atom stereocenters. The van der Waals surface area contributed by atoms with E-state index in [0.717, 1.165) is 12.8 Å². The molecule has 0 spiro atoms. The topological polar surface area (TPSA) is 58.6 Å². The molecule has 2 saturated carbocycles. The van der Waals surface area contributed by atoms with Crippen LogP contribution >= 0.6 is 0 Å². The van der Waals surface area contributed by atoms with Crippen LogP contribution in [0.3, 0.4) is 0 Å². The first-order valence-electron chi connectivity index (χ1n) is 6.51. The van der Waals surface area contributed by atoms with Crippen LogP contribution in [0, 0.1) is 17.8 Å². The average molecular weight is 241 g/mol. The minimum Gasteiger partial charge on any atom is -0.444 e. The summed E-state index contributed by atoms with van der Waals surface area (Å²) < 4.78 is 5.28. The van der Waals surface area contributed by atoms with E-state index in [9.17, 15) is 9.90 Å². The summed E-state index contributed by atoms with van der Waals surface area (Å²) in [5.41, 5.74) is -0.446. The first-order valence-corrected chi connectivity index (χ1v) is 6.51. The van der Waals surface area contributed by atoms with E-state index in [1.807, 2.05) is 20.8 Å². The summed E-state index contributed by atoms with van der Waals surface area (Å²) in [6, 6.07) is 0.210. The zero-order valence-electron chi connectivity index (χ0n) is 10.9. The number of hydrogen-bond acceptors (Lipinski definition) is 3. The molecule has 0 aromatic heterocycles. The summed E-state index contributed by atoms with van der Waals surface area (Å²) in [6.07, 6.45) is 3.01. The van der Waals surface area contributed by atoms with Crippen LogP contribution in [0.1, 0.15) is 40.0 Å². The van der Waals surface area contributed by atoms with Gasteiger partial charge in [-0.05, 0) is 57.8 Å². The van der Waals surface area contributed by atoms with Crippen molar-refractivity contribution in [1.29, 1.82) is 0 Å². The van der Waals surface area contributed by atoms with Gasteiger partial charge in [0, 0.05) is 12.6 Å². The molecule has 2 rings (SSSR count). The molecule has 4 heteroatoms. The fourth-order valence-electron chi connectivity index (χ4n) is 3.35. The third-order valence-electron chi connectivity index (χ3n) is 3.97. The van der Waals surface area contributed by atoms with Gasteiger partial charge in [-0.25, -0.2) is 4.79 Å². The predicted molar refractivity (Wildman–Crippen MR) is 64.6 cm³/mol. The van der Waals surface area contributed by atoms with Gasteiger partial charge in [0.1, 0.15) is 5.60 Å². The van der Waals surface area contributed by atoms with Crippen molar-refractivity contribution >= 4 is 6.09 Å². The van der Waals surface area contributed by atoms with Gasteiger partial charge in [0.05, 0.1) is 0 Å². The summed E-state index contributed by atoms with van der Waals surface area (Å²) in [7, 11) is 0. The monoisotopic (exact) mass is 241 g/mol. The Morgan fingerprint density at radius 1 is 1.41 bits per heavy atom. The van der Waals surface area contributed by atoms with E-state index in [1.165, 1.54) is 6.42 Å². The molecule has 0 aromatic carbocycles. The Morgan fingerprint density at radius 3 is 2.65 bits per heavy atom. The zero-order valence-corrected chi connectivity index (χ0v) is 10.9. The number of aliphatic hydroxyl groups is 1. The summed E-state index contributed by atoms with van der Waals surface area (Å²) in [5, 5.41) is 12.3. The second-order valence-corrected chi connectivity index (χ2v) is 6.35. The summed E-state index contributed by atoms with van der Waals surface area (Å²) in [6.45, 7) is 5.85. The van der Waals surface area contributed by atoms with Crippen molar-refractivity contribution in [3.63, 3.8) is 0 Å². The highest BCUT2D eigenvalue weighted by atomic mass is 16.6. The van der Waals surface area contributed by atoms with Crippen molar-refractivity contribution in [3.05, 3.63) is 0 Å². The lowest BCUT2D eigenvalue weighted by Gasteiger charge is -2.24. The molecule has 2 bridgehead atoms. The number of carbonyl (C=O) groups is 1. The number of aliphatic hydroxyl groups excluding tert-OH is 1. The van der Waals surface area contributed by atoms with Gasteiger partial charge in [-0.2, -0.15) is 0 Å². The molecule has 2 aliphatic carbocycles. The molecule has 4 nitrogen and oxygen atoms in total. The maximum absolute atomic E-state index is 11.7. The Morgan fingerprint density at radius 2 is 2.12 bits per heavy atom. The number of fused-ring (bicyclic) bond motifs is 2. The third kappa shape index (κ3) is 2.73. The molecular formula is C13H23NO3. The van der Waals surface area contributed by atoms with Crippen molar-refractivity contribution < 1.29 is 14.6 Å². The van der Waals surface area contributed by atoms with Crippen molar-refractivity contribution in [3.8, 4) is 0 Å². The van der Waals surface area contributed by atoms with Crippen LogP contribution < -0.4 is 5.32 Å². The first-order chi connectivity index (χ1) is 7.90. The highest BCUT2D eigenvalue weighted by Gasteiger charge is 2.48. The summed E-state index contributed by atoms with van der Waals surface area (Å²) in [4.78, 5) is 11.7. The Labute approximate surface area is 103 Å². The second kappa shape index (κ2) is 4.48. The highest BCUT2D eigenvalue weighted by molar-refractivity contribution is 5.68. The maximum atomic E-state index is 11.7. The lowest BCUT2D eigenvalue weighted by atomic mass is 9.89. The van der Waals surface area contributed by atoms with Crippen LogP contribution in [0.25, 0.3) is 0 Å². The first kappa shape index (κ1) is 12.7. The normalized spacial score (nSPS) is 36.0. The fraction of sp³-hybridized carbons (Fsp3) is 0.923. The molecule has 0 aliphatic heterocycles. The Kier molecular flexibility index (Phi) is 3.34. The molecule has 0 saturated heterocycles. The molecule has 17 heavy (non-hydrogen) atoms. The fourth-order valence-corrected chi connectivity index (χ4v) is 3.35. The van der Waals surface area contributed by atoms with Gasteiger partial charge < -0.3 is 15.2 Å². The lowest BCUT2D eigenvalue weighted by Crippen LogP contribution is -2.42. The summed E-state index contributed by atoms with van der Waals surface area (Å²) in [5.74, 6) is 1.34. The Bertz CT molecular complexity index is 298. The smallest absolute Gasteiger partial charge is 0.407 e. The quantitative estimate of drug-likeness (QED) is 0.776. The van der Waals surface area contributed by atoms with Gasteiger partial charge in [0.2, 0.25) is 0 Å². The van der Waals surface area contributed by atoms with Crippen LogP contribution in [-0.2, 0) is 4.74 Å². The van der Waals surface area contributed by atoms with Crippen molar-refractivity contribution in [2.75, 3.05) is 6.61 Å². The minimum atomic E-state index is -0.446. The van der Waals surface area contributed by atoms with Crippen molar-refractivity contribution in [2.45, 2.75) is 51.7 Å². The highest BCUT2D eigenvalue weighted by Crippen LogP contribution is 2.48. The lowest BCUT2D eigenvalue weighted by molar-refractivity contribution is 0.0486. The van der Waals surface area contributed by atoms with Crippen LogP contribution in [0.2, 0.25) is 0 Å². The van der Waals surface area contributed by atoms with E-state index in [4.69, 9.17) is 4.74 Å². The van der Waals surface area contributed by atoms with Crippen LogP contribution in [0.15, 0.2) is 0 Å². The second-order valence-electron chi connectivity index (χ2n) is 6.35. The van der Waals surface area contributed by atoms with Crippen LogP contribution in [-0.4, -0.2) is 29.4 Å². The van der Waals surface area contributed by atoms with E-state index in [2.05, 4.69) is 5.32 Å². The van der Waals surface area contributed by atoms with E-state index in [-0.39, 0.29) is 18.7 Å². The van der Waals surface area contributed by atoms with Gasteiger partial charge in [-0.15, -0.1) is 0 Å². The van der Waals surface area contributed by atoms with E-state index < -0.39 is 5.60 Å². The Hall–Kier alpha value is -0.770. The molecule has 0 radical (unpaired) electrons. The van der Waals surface area contributed by atoms with Crippen molar-refractivity contribution in [1.82, 2.24) is 5.32 Å². The van der Waals surface area contributed by atoms with E-state index in [0.29, 0.717) is 17.8 Å². The predicted octanol–water partition coefficient (Wildman–Crippen LogP) is 1.92. The van der Waals surface area contributed by atoms with Gasteiger partial charge in [0.15, 0.2) is 0 Å². The molecule has 2 fully saturated rings. The van der Waals surface area contributed by atoms with Gasteiger partial charge in [-0.1, -0.05) is 0 Å². The molecule has 0 unspecified atom stereocenters. The van der Waals surface area contributed by atoms with E-state index >= 15 is 0 Å². The van der Waals surface area contributed by atoms with Gasteiger partial charge >= 0.3 is 6.09 Å². The number of nitrogens with one attached hydrogen (secondary N) is 1. The minimum absolute atomic E-state index is 0.210. The average Bonchev–Trinajstić information content (AvgIpc) is 2.72.